The standard InChI is InChI=1S/C21H31N3O4S/c1-16-5-8-19(29(26,27)23-10-3-2-4-11-23)13-20(16)22-21(25)24(18-6-7-18)14-17-9-12-28-15-17/h5,8,13,17-18H,2-4,6-7,9-12,14-15H2,1H3,(H,22,25)/t17-/m1/s1. The third kappa shape index (κ3) is 4.75. The molecule has 160 valence electrons. The SMILES string of the molecule is Cc1ccc(S(=O)(=O)N2CCCCC2)cc1NC(=O)N(C[C@H]1CCOC1)C1CC1. The molecule has 0 bridgehead atoms. The van der Waals surface area contributed by atoms with Gasteiger partial charge < -0.3 is 15.0 Å². The van der Waals surface area contributed by atoms with E-state index in [4.69, 9.17) is 4.74 Å². The maximum absolute atomic E-state index is 13.0. The van der Waals surface area contributed by atoms with Gasteiger partial charge in [-0.25, -0.2) is 13.2 Å². The molecule has 0 aromatic heterocycles. The lowest BCUT2D eigenvalue weighted by molar-refractivity contribution is 0.167. The predicted octanol–water partition coefficient (Wildman–Crippen LogP) is 3.20. The number of piperidine rings is 1. The van der Waals surface area contributed by atoms with Crippen molar-refractivity contribution in [1.82, 2.24) is 9.21 Å². The summed E-state index contributed by atoms with van der Waals surface area (Å²) in [5.74, 6) is 0.383. The number of amides is 2. The monoisotopic (exact) mass is 421 g/mol. The number of carbonyl (C=O) groups is 1. The van der Waals surface area contributed by atoms with E-state index in [2.05, 4.69) is 5.32 Å². The maximum Gasteiger partial charge on any atom is 0.322 e. The van der Waals surface area contributed by atoms with Crippen LogP contribution in [0, 0.1) is 12.8 Å². The Morgan fingerprint density at radius 2 is 1.97 bits per heavy atom. The first kappa shape index (κ1) is 20.6. The van der Waals surface area contributed by atoms with Gasteiger partial charge in [0.05, 0.1) is 11.5 Å². The number of aryl methyl sites for hydroxylation is 1. The average Bonchev–Trinajstić information content (AvgIpc) is 3.43. The van der Waals surface area contributed by atoms with Crippen LogP contribution in [0.5, 0.6) is 0 Å². The van der Waals surface area contributed by atoms with Gasteiger partial charge in [-0.1, -0.05) is 12.5 Å². The second-order valence-corrected chi connectivity index (χ2v) is 10.4. The molecule has 2 amide bonds. The van der Waals surface area contributed by atoms with Crippen LogP contribution in [0.15, 0.2) is 23.1 Å². The molecule has 1 aromatic rings. The summed E-state index contributed by atoms with van der Waals surface area (Å²) in [6.07, 6.45) is 5.92. The van der Waals surface area contributed by atoms with Gasteiger partial charge in [0.2, 0.25) is 10.0 Å². The summed E-state index contributed by atoms with van der Waals surface area (Å²) in [7, 11) is -3.53. The van der Waals surface area contributed by atoms with Crippen LogP contribution in [-0.2, 0) is 14.8 Å². The molecule has 3 fully saturated rings. The minimum absolute atomic E-state index is 0.143. The van der Waals surface area contributed by atoms with Crippen molar-refractivity contribution in [3.63, 3.8) is 0 Å². The maximum atomic E-state index is 13.0. The molecule has 29 heavy (non-hydrogen) atoms. The number of rotatable bonds is 6. The van der Waals surface area contributed by atoms with Crippen LogP contribution in [0.1, 0.15) is 44.1 Å². The van der Waals surface area contributed by atoms with Crippen LogP contribution in [0.2, 0.25) is 0 Å². The molecule has 1 aromatic carbocycles. The molecule has 1 atom stereocenters. The highest BCUT2D eigenvalue weighted by atomic mass is 32.2. The van der Waals surface area contributed by atoms with Crippen molar-refractivity contribution in [1.29, 1.82) is 0 Å². The van der Waals surface area contributed by atoms with Gasteiger partial charge in [0.25, 0.3) is 0 Å². The van der Waals surface area contributed by atoms with Crippen molar-refractivity contribution in [2.75, 3.05) is 38.2 Å². The van der Waals surface area contributed by atoms with Gasteiger partial charge in [0.1, 0.15) is 0 Å². The van der Waals surface area contributed by atoms with Crippen molar-refractivity contribution in [3.8, 4) is 0 Å². The van der Waals surface area contributed by atoms with E-state index in [9.17, 15) is 13.2 Å². The number of hydrogen-bond acceptors (Lipinski definition) is 4. The Kier molecular flexibility index (Phi) is 6.13. The van der Waals surface area contributed by atoms with Gasteiger partial charge in [0.15, 0.2) is 0 Å². The van der Waals surface area contributed by atoms with Gasteiger partial charge in [-0.05, 0) is 56.7 Å². The number of anilines is 1. The molecule has 8 heteroatoms. The van der Waals surface area contributed by atoms with Crippen molar-refractivity contribution in [2.24, 2.45) is 5.92 Å². The van der Waals surface area contributed by atoms with Gasteiger partial charge in [0, 0.05) is 43.9 Å². The van der Waals surface area contributed by atoms with Gasteiger partial charge in [-0.3, -0.25) is 0 Å². The normalized spacial score (nSPS) is 23.1. The number of nitrogens with zero attached hydrogens (tertiary/aromatic N) is 2. The number of hydrogen-bond donors (Lipinski definition) is 1. The summed E-state index contributed by atoms with van der Waals surface area (Å²) in [4.78, 5) is 15.2. The van der Waals surface area contributed by atoms with E-state index in [1.807, 2.05) is 11.8 Å². The van der Waals surface area contributed by atoms with E-state index in [-0.39, 0.29) is 17.0 Å². The first-order valence-electron chi connectivity index (χ1n) is 10.7. The zero-order valence-electron chi connectivity index (χ0n) is 17.1. The Morgan fingerprint density at radius 3 is 2.62 bits per heavy atom. The number of urea groups is 1. The lowest BCUT2D eigenvalue weighted by Gasteiger charge is -2.27. The smallest absolute Gasteiger partial charge is 0.322 e. The average molecular weight is 422 g/mol. The topological polar surface area (TPSA) is 79.0 Å². The van der Waals surface area contributed by atoms with Gasteiger partial charge in [-0.2, -0.15) is 4.31 Å². The Bertz CT molecular complexity index is 841. The number of ether oxygens (including phenoxy) is 1. The number of benzene rings is 1. The molecule has 4 rings (SSSR count). The van der Waals surface area contributed by atoms with E-state index in [0.717, 1.165) is 50.7 Å². The Morgan fingerprint density at radius 1 is 1.21 bits per heavy atom. The molecule has 2 heterocycles. The van der Waals surface area contributed by atoms with E-state index in [0.29, 0.717) is 37.8 Å². The van der Waals surface area contributed by atoms with Crippen molar-refractivity contribution >= 4 is 21.7 Å². The zero-order valence-corrected chi connectivity index (χ0v) is 17.9. The molecule has 7 nitrogen and oxygen atoms in total. The number of carbonyl (C=O) groups excluding carboxylic acids is 1. The molecule has 3 aliphatic rings. The fourth-order valence-electron chi connectivity index (χ4n) is 4.13. The van der Waals surface area contributed by atoms with Crippen LogP contribution in [0.3, 0.4) is 0 Å². The van der Waals surface area contributed by atoms with E-state index in [1.165, 1.54) is 0 Å². The summed E-state index contributed by atoms with van der Waals surface area (Å²) in [6, 6.07) is 5.18. The third-order valence-electron chi connectivity index (χ3n) is 6.13. The second kappa shape index (κ2) is 8.62. The van der Waals surface area contributed by atoms with E-state index >= 15 is 0 Å². The lowest BCUT2D eigenvalue weighted by atomic mass is 10.1. The molecule has 0 spiro atoms. The second-order valence-electron chi connectivity index (χ2n) is 8.48. The number of sulfonamides is 1. The molecular weight excluding hydrogens is 390 g/mol. The van der Waals surface area contributed by atoms with Crippen molar-refractivity contribution < 1.29 is 17.9 Å². The van der Waals surface area contributed by atoms with Gasteiger partial charge in [-0.15, -0.1) is 0 Å². The van der Waals surface area contributed by atoms with E-state index < -0.39 is 10.0 Å². The fraction of sp³-hybridized carbons (Fsp3) is 0.667. The molecule has 2 aliphatic heterocycles. The molecule has 2 saturated heterocycles. The molecule has 1 aliphatic carbocycles. The van der Waals surface area contributed by atoms with Crippen molar-refractivity contribution in [2.45, 2.75) is 56.4 Å². The highest BCUT2D eigenvalue weighted by Crippen LogP contribution is 2.31. The van der Waals surface area contributed by atoms with Crippen LogP contribution in [0.25, 0.3) is 0 Å². The highest BCUT2D eigenvalue weighted by molar-refractivity contribution is 7.89. The Balaban J connectivity index is 1.50. The first-order valence-corrected chi connectivity index (χ1v) is 12.2. The summed E-state index contributed by atoms with van der Waals surface area (Å²) in [6.45, 7) is 5.19. The summed E-state index contributed by atoms with van der Waals surface area (Å²) in [5.41, 5.74) is 1.43. The van der Waals surface area contributed by atoms with Crippen LogP contribution < -0.4 is 5.32 Å². The van der Waals surface area contributed by atoms with E-state index in [1.54, 1.807) is 22.5 Å². The Labute approximate surface area is 173 Å². The third-order valence-corrected chi connectivity index (χ3v) is 8.03. The highest BCUT2D eigenvalue weighted by Gasteiger charge is 2.35. The van der Waals surface area contributed by atoms with Crippen molar-refractivity contribution in [3.05, 3.63) is 23.8 Å². The van der Waals surface area contributed by atoms with Crippen LogP contribution in [0.4, 0.5) is 10.5 Å². The minimum Gasteiger partial charge on any atom is -0.381 e. The largest absolute Gasteiger partial charge is 0.381 e. The molecule has 1 N–H and O–H groups in total. The molecular formula is C21H31N3O4S. The lowest BCUT2D eigenvalue weighted by Crippen LogP contribution is -2.40. The van der Waals surface area contributed by atoms with Crippen LogP contribution >= 0.6 is 0 Å². The summed E-state index contributed by atoms with van der Waals surface area (Å²) in [5, 5.41) is 2.98. The van der Waals surface area contributed by atoms with Gasteiger partial charge >= 0.3 is 6.03 Å². The van der Waals surface area contributed by atoms with Crippen LogP contribution in [-0.4, -0.2) is 62.5 Å². The summed E-state index contributed by atoms with van der Waals surface area (Å²) < 4.78 is 33.0. The molecule has 0 radical (unpaired) electrons. The minimum atomic E-state index is -3.53. The quantitative estimate of drug-likeness (QED) is 0.765. The molecule has 0 unspecified atom stereocenters. The zero-order chi connectivity index (χ0) is 20.4. The number of nitrogens with one attached hydrogen (secondary N) is 1. The molecule has 1 saturated carbocycles. The first-order chi connectivity index (χ1) is 13.9. The predicted molar refractivity (Wildman–Crippen MR) is 111 cm³/mol. The summed E-state index contributed by atoms with van der Waals surface area (Å²) >= 11 is 0. The fourth-order valence-corrected chi connectivity index (χ4v) is 5.67. The Hall–Kier alpha value is -1.64.